The second-order valence-electron chi connectivity index (χ2n) is 4.03. The Hall–Kier alpha value is -2.77. The lowest BCUT2D eigenvalue weighted by Gasteiger charge is -2.08. The number of hydrogen-bond donors (Lipinski definition) is 1. The first-order valence-corrected chi connectivity index (χ1v) is 6.26. The Morgan fingerprint density at radius 2 is 2.10 bits per heavy atom. The first-order chi connectivity index (χ1) is 9.81. The molecule has 0 aliphatic rings. The van der Waals surface area contributed by atoms with Crippen LogP contribution in [-0.4, -0.2) is 41.3 Å². The minimum atomic E-state index is 0.502. The lowest BCUT2D eigenvalue weighted by Crippen LogP contribution is -2.09. The molecule has 3 heterocycles. The molecule has 0 aromatic carbocycles. The molecular weight excluding hydrogens is 256 g/mol. The standard InChI is InChI=1S/C12H14N8/c1-3-20-9(4-5-15-20)10-16-11(13-2)18-12(17-10)19-7-6-14-8-19/h4-8H,3H2,1-2H3,(H,13,16,17,18). The summed E-state index contributed by atoms with van der Waals surface area (Å²) in [7, 11) is 1.77. The van der Waals surface area contributed by atoms with Crippen molar-refractivity contribution in [1.29, 1.82) is 0 Å². The van der Waals surface area contributed by atoms with E-state index in [9.17, 15) is 0 Å². The third kappa shape index (κ3) is 2.11. The van der Waals surface area contributed by atoms with Gasteiger partial charge in [0.1, 0.15) is 12.0 Å². The van der Waals surface area contributed by atoms with Crippen LogP contribution in [0.2, 0.25) is 0 Å². The van der Waals surface area contributed by atoms with Gasteiger partial charge in [0.15, 0.2) is 5.82 Å². The molecule has 0 fully saturated rings. The van der Waals surface area contributed by atoms with Gasteiger partial charge in [-0.05, 0) is 13.0 Å². The fourth-order valence-corrected chi connectivity index (χ4v) is 1.86. The minimum Gasteiger partial charge on any atom is -0.357 e. The normalized spacial score (nSPS) is 10.7. The van der Waals surface area contributed by atoms with Crippen LogP contribution in [0, 0.1) is 0 Å². The zero-order chi connectivity index (χ0) is 13.9. The van der Waals surface area contributed by atoms with Gasteiger partial charge >= 0.3 is 0 Å². The van der Waals surface area contributed by atoms with E-state index >= 15 is 0 Å². The lowest BCUT2D eigenvalue weighted by atomic mass is 10.4. The number of rotatable bonds is 4. The third-order valence-electron chi connectivity index (χ3n) is 2.83. The van der Waals surface area contributed by atoms with Crippen LogP contribution >= 0.6 is 0 Å². The summed E-state index contributed by atoms with van der Waals surface area (Å²) in [5, 5.41) is 7.18. The van der Waals surface area contributed by atoms with E-state index in [1.165, 1.54) is 0 Å². The van der Waals surface area contributed by atoms with Crippen molar-refractivity contribution in [2.24, 2.45) is 0 Å². The number of aryl methyl sites for hydroxylation is 1. The molecule has 0 aliphatic heterocycles. The number of hydrogen-bond acceptors (Lipinski definition) is 6. The number of nitrogens with one attached hydrogen (secondary N) is 1. The lowest BCUT2D eigenvalue weighted by molar-refractivity contribution is 0.663. The van der Waals surface area contributed by atoms with Crippen LogP contribution in [0.5, 0.6) is 0 Å². The number of anilines is 1. The molecule has 1 N–H and O–H groups in total. The first-order valence-electron chi connectivity index (χ1n) is 6.26. The Morgan fingerprint density at radius 3 is 2.80 bits per heavy atom. The Labute approximate surface area is 115 Å². The van der Waals surface area contributed by atoms with Crippen molar-refractivity contribution in [1.82, 2.24) is 34.3 Å². The number of nitrogens with zero attached hydrogens (tertiary/aromatic N) is 7. The average Bonchev–Trinajstić information content (AvgIpc) is 3.17. The van der Waals surface area contributed by atoms with Crippen molar-refractivity contribution in [3.05, 3.63) is 31.0 Å². The highest BCUT2D eigenvalue weighted by atomic mass is 15.3. The maximum absolute atomic E-state index is 4.47. The molecule has 0 atom stereocenters. The quantitative estimate of drug-likeness (QED) is 0.760. The Balaban J connectivity index is 2.14. The molecule has 8 heteroatoms. The molecule has 0 amide bonds. The van der Waals surface area contributed by atoms with Crippen molar-refractivity contribution < 1.29 is 0 Å². The van der Waals surface area contributed by atoms with Crippen LogP contribution in [-0.2, 0) is 6.54 Å². The van der Waals surface area contributed by atoms with Gasteiger partial charge in [-0.1, -0.05) is 0 Å². The molecule has 0 aliphatic carbocycles. The summed E-state index contributed by atoms with van der Waals surface area (Å²) in [5.41, 5.74) is 0.854. The van der Waals surface area contributed by atoms with Gasteiger partial charge in [-0.2, -0.15) is 20.1 Å². The van der Waals surface area contributed by atoms with Crippen molar-refractivity contribution in [3.8, 4) is 17.5 Å². The van der Waals surface area contributed by atoms with Gasteiger partial charge in [-0.3, -0.25) is 9.25 Å². The van der Waals surface area contributed by atoms with Gasteiger partial charge < -0.3 is 5.32 Å². The van der Waals surface area contributed by atoms with E-state index in [1.807, 2.05) is 17.7 Å². The van der Waals surface area contributed by atoms with Crippen molar-refractivity contribution in [3.63, 3.8) is 0 Å². The Morgan fingerprint density at radius 1 is 1.20 bits per heavy atom. The average molecular weight is 270 g/mol. The summed E-state index contributed by atoms with van der Waals surface area (Å²) >= 11 is 0. The molecule has 102 valence electrons. The summed E-state index contributed by atoms with van der Waals surface area (Å²) in [4.78, 5) is 17.2. The molecule has 8 nitrogen and oxygen atoms in total. The summed E-state index contributed by atoms with van der Waals surface area (Å²) in [5.74, 6) is 1.59. The molecule has 3 aromatic rings. The van der Waals surface area contributed by atoms with Gasteiger partial charge in [-0.25, -0.2) is 4.98 Å². The smallest absolute Gasteiger partial charge is 0.240 e. The maximum Gasteiger partial charge on any atom is 0.240 e. The molecule has 0 radical (unpaired) electrons. The van der Waals surface area contributed by atoms with Gasteiger partial charge in [0.2, 0.25) is 11.9 Å². The summed E-state index contributed by atoms with van der Waals surface area (Å²) in [6, 6.07) is 1.88. The van der Waals surface area contributed by atoms with E-state index in [4.69, 9.17) is 0 Å². The van der Waals surface area contributed by atoms with Crippen LogP contribution in [0.4, 0.5) is 5.95 Å². The maximum atomic E-state index is 4.47. The SMILES string of the molecule is CCn1nccc1-c1nc(NC)nc(-n2ccnc2)n1. The zero-order valence-corrected chi connectivity index (χ0v) is 11.2. The molecule has 0 spiro atoms. The second kappa shape index (κ2) is 5.08. The summed E-state index contributed by atoms with van der Waals surface area (Å²) in [6.45, 7) is 2.77. The van der Waals surface area contributed by atoms with Gasteiger partial charge in [-0.15, -0.1) is 0 Å². The summed E-state index contributed by atoms with van der Waals surface area (Å²) < 4.78 is 3.57. The van der Waals surface area contributed by atoms with Gasteiger partial charge in [0, 0.05) is 32.2 Å². The highest BCUT2D eigenvalue weighted by molar-refractivity contribution is 5.52. The van der Waals surface area contributed by atoms with Crippen molar-refractivity contribution in [2.45, 2.75) is 13.5 Å². The molecule has 0 unspecified atom stereocenters. The fraction of sp³-hybridized carbons (Fsp3) is 0.250. The monoisotopic (exact) mass is 270 g/mol. The molecular formula is C12H14N8. The van der Waals surface area contributed by atoms with E-state index in [2.05, 4.69) is 30.4 Å². The summed E-state index contributed by atoms with van der Waals surface area (Å²) in [6.07, 6.45) is 6.85. The molecule has 3 rings (SSSR count). The van der Waals surface area contributed by atoms with Crippen LogP contribution in [0.1, 0.15) is 6.92 Å². The number of aromatic nitrogens is 7. The molecule has 0 bridgehead atoms. The van der Waals surface area contributed by atoms with E-state index in [0.29, 0.717) is 17.7 Å². The third-order valence-corrected chi connectivity index (χ3v) is 2.83. The second-order valence-corrected chi connectivity index (χ2v) is 4.03. The topological polar surface area (TPSA) is 86.3 Å². The van der Waals surface area contributed by atoms with Crippen LogP contribution in [0.15, 0.2) is 31.0 Å². The van der Waals surface area contributed by atoms with Gasteiger partial charge in [0.25, 0.3) is 0 Å². The highest BCUT2D eigenvalue weighted by Crippen LogP contribution is 2.17. The predicted molar refractivity (Wildman–Crippen MR) is 73.4 cm³/mol. The highest BCUT2D eigenvalue weighted by Gasteiger charge is 2.12. The largest absolute Gasteiger partial charge is 0.357 e. The Bertz CT molecular complexity index is 700. The molecule has 3 aromatic heterocycles. The van der Waals surface area contributed by atoms with Gasteiger partial charge in [0.05, 0.1) is 0 Å². The van der Waals surface area contributed by atoms with E-state index in [0.717, 1.165) is 12.2 Å². The van der Waals surface area contributed by atoms with Crippen LogP contribution < -0.4 is 5.32 Å². The Kier molecular flexibility index (Phi) is 3.12. The predicted octanol–water partition coefficient (Wildman–Crippen LogP) is 0.982. The molecule has 0 saturated heterocycles. The molecule has 20 heavy (non-hydrogen) atoms. The molecule has 0 saturated carbocycles. The van der Waals surface area contributed by atoms with Crippen LogP contribution in [0.3, 0.4) is 0 Å². The zero-order valence-electron chi connectivity index (χ0n) is 11.2. The van der Waals surface area contributed by atoms with E-state index < -0.39 is 0 Å². The minimum absolute atomic E-state index is 0.502. The van der Waals surface area contributed by atoms with E-state index in [1.54, 1.807) is 36.5 Å². The van der Waals surface area contributed by atoms with Crippen LogP contribution in [0.25, 0.3) is 17.5 Å². The number of imidazole rings is 1. The first kappa shape index (κ1) is 12.3. The fourth-order valence-electron chi connectivity index (χ4n) is 1.86. The van der Waals surface area contributed by atoms with Crippen molar-refractivity contribution in [2.75, 3.05) is 12.4 Å². The van der Waals surface area contributed by atoms with Crippen molar-refractivity contribution >= 4 is 5.95 Å². The van der Waals surface area contributed by atoms with E-state index in [-0.39, 0.29) is 0 Å².